The summed E-state index contributed by atoms with van der Waals surface area (Å²) in [6.07, 6.45) is 0.771. The predicted molar refractivity (Wildman–Crippen MR) is 78.0 cm³/mol. The molecule has 6 heteroatoms. The number of thiazole rings is 1. The van der Waals surface area contributed by atoms with Gasteiger partial charge >= 0.3 is 0 Å². The van der Waals surface area contributed by atoms with Gasteiger partial charge in [0.1, 0.15) is 0 Å². The van der Waals surface area contributed by atoms with E-state index in [2.05, 4.69) is 4.98 Å². The Balaban J connectivity index is 2.27. The van der Waals surface area contributed by atoms with E-state index in [0.29, 0.717) is 11.4 Å². The Bertz CT molecular complexity index is 646. The standard InChI is InChI=1S/C13H16N2O2S2/c1-2-19(16,17)11-5-3-10(4-6-11)12-9-18-13(15-12)7-8-14/h3-6,9H,2,7-8,14H2,1H3. The minimum Gasteiger partial charge on any atom is -0.330 e. The molecular formula is C13H16N2O2S2. The van der Waals surface area contributed by atoms with Crippen molar-refractivity contribution in [3.05, 3.63) is 34.7 Å². The lowest BCUT2D eigenvalue weighted by Gasteiger charge is -2.02. The second-order valence-corrected chi connectivity index (χ2v) is 7.31. The van der Waals surface area contributed by atoms with Crippen LogP contribution in [0.5, 0.6) is 0 Å². The van der Waals surface area contributed by atoms with E-state index in [4.69, 9.17) is 5.73 Å². The molecule has 19 heavy (non-hydrogen) atoms. The van der Waals surface area contributed by atoms with Gasteiger partial charge in [-0.1, -0.05) is 19.1 Å². The molecule has 0 fully saturated rings. The van der Waals surface area contributed by atoms with Crippen LogP contribution in [0.3, 0.4) is 0 Å². The Morgan fingerprint density at radius 1 is 1.26 bits per heavy atom. The maximum atomic E-state index is 11.7. The Labute approximate surface area is 117 Å². The van der Waals surface area contributed by atoms with E-state index in [1.54, 1.807) is 42.5 Å². The van der Waals surface area contributed by atoms with Gasteiger partial charge in [0.15, 0.2) is 9.84 Å². The monoisotopic (exact) mass is 296 g/mol. The highest BCUT2D eigenvalue weighted by Crippen LogP contribution is 2.23. The van der Waals surface area contributed by atoms with Crippen molar-refractivity contribution >= 4 is 21.2 Å². The first-order valence-electron chi connectivity index (χ1n) is 6.04. The average Bonchev–Trinajstić information content (AvgIpc) is 2.88. The van der Waals surface area contributed by atoms with Crippen molar-refractivity contribution in [2.24, 2.45) is 5.73 Å². The lowest BCUT2D eigenvalue weighted by Crippen LogP contribution is -2.03. The van der Waals surface area contributed by atoms with Crippen LogP contribution < -0.4 is 5.73 Å². The van der Waals surface area contributed by atoms with Gasteiger partial charge < -0.3 is 5.73 Å². The van der Waals surface area contributed by atoms with E-state index >= 15 is 0 Å². The molecule has 0 bridgehead atoms. The van der Waals surface area contributed by atoms with Crippen LogP contribution >= 0.6 is 11.3 Å². The molecule has 1 heterocycles. The lowest BCUT2D eigenvalue weighted by molar-refractivity contribution is 0.597. The molecule has 1 aromatic heterocycles. The normalized spacial score (nSPS) is 11.7. The molecule has 0 saturated heterocycles. The molecule has 0 unspecified atom stereocenters. The second-order valence-electron chi connectivity index (χ2n) is 4.09. The predicted octanol–water partition coefficient (Wildman–Crippen LogP) is 2.10. The molecule has 0 aliphatic heterocycles. The molecule has 2 rings (SSSR count). The molecule has 0 atom stereocenters. The van der Waals surface area contributed by atoms with Gasteiger partial charge in [0.25, 0.3) is 0 Å². The van der Waals surface area contributed by atoms with Crippen LogP contribution in [0, 0.1) is 0 Å². The maximum absolute atomic E-state index is 11.7. The number of hydrogen-bond acceptors (Lipinski definition) is 5. The highest BCUT2D eigenvalue weighted by Gasteiger charge is 2.11. The SMILES string of the molecule is CCS(=O)(=O)c1ccc(-c2csc(CCN)n2)cc1. The first kappa shape index (κ1) is 14.2. The van der Waals surface area contributed by atoms with Gasteiger partial charge in [-0.3, -0.25) is 0 Å². The molecule has 102 valence electrons. The Morgan fingerprint density at radius 3 is 2.53 bits per heavy atom. The fraction of sp³-hybridized carbons (Fsp3) is 0.308. The average molecular weight is 296 g/mol. The van der Waals surface area contributed by atoms with Crippen molar-refractivity contribution in [1.82, 2.24) is 4.98 Å². The van der Waals surface area contributed by atoms with E-state index in [9.17, 15) is 8.42 Å². The zero-order valence-electron chi connectivity index (χ0n) is 10.7. The summed E-state index contributed by atoms with van der Waals surface area (Å²) in [6, 6.07) is 6.86. The fourth-order valence-electron chi connectivity index (χ4n) is 1.68. The number of aromatic nitrogens is 1. The van der Waals surface area contributed by atoms with E-state index in [0.717, 1.165) is 22.7 Å². The third kappa shape index (κ3) is 3.20. The van der Waals surface area contributed by atoms with E-state index in [1.807, 2.05) is 5.38 Å². The van der Waals surface area contributed by atoms with Crippen LogP contribution in [0.15, 0.2) is 34.5 Å². The summed E-state index contributed by atoms with van der Waals surface area (Å²) in [5, 5.41) is 2.97. The summed E-state index contributed by atoms with van der Waals surface area (Å²) in [4.78, 5) is 4.83. The highest BCUT2D eigenvalue weighted by molar-refractivity contribution is 7.91. The molecule has 0 saturated carbocycles. The number of hydrogen-bond donors (Lipinski definition) is 1. The smallest absolute Gasteiger partial charge is 0.178 e. The van der Waals surface area contributed by atoms with Crippen LogP contribution in [0.2, 0.25) is 0 Å². The molecule has 0 aliphatic carbocycles. The summed E-state index contributed by atoms with van der Waals surface area (Å²) < 4.78 is 23.4. The van der Waals surface area contributed by atoms with Crippen molar-refractivity contribution in [3.63, 3.8) is 0 Å². The van der Waals surface area contributed by atoms with E-state index in [-0.39, 0.29) is 5.75 Å². The van der Waals surface area contributed by atoms with E-state index in [1.165, 1.54) is 0 Å². The van der Waals surface area contributed by atoms with Gasteiger partial charge in [0, 0.05) is 17.4 Å². The molecule has 2 N–H and O–H groups in total. The van der Waals surface area contributed by atoms with Gasteiger partial charge in [-0.05, 0) is 18.7 Å². The van der Waals surface area contributed by atoms with Gasteiger partial charge in [-0.25, -0.2) is 13.4 Å². The van der Waals surface area contributed by atoms with Crippen molar-refractivity contribution in [1.29, 1.82) is 0 Å². The molecule has 4 nitrogen and oxygen atoms in total. The summed E-state index contributed by atoms with van der Waals surface area (Å²) in [7, 11) is -3.13. The molecule has 0 aliphatic rings. The van der Waals surface area contributed by atoms with Crippen LogP contribution in [0.25, 0.3) is 11.3 Å². The van der Waals surface area contributed by atoms with Crippen LogP contribution in [0.1, 0.15) is 11.9 Å². The van der Waals surface area contributed by atoms with Crippen LogP contribution in [-0.2, 0) is 16.3 Å². The summed E-state index contributed by atoms with van der Waals surface area (Å²) in [5.74, 6) is 0.115. The third-order valence-corrected chi connectivity index (χ3v) is 5.46. The Hall–Kier alpha value is -1.24. The second kappa shape index (κ2) is 5.81. The van der Waals surface area contributed by atoms with Gasteiger partial charge in [0.2, 0.25) is 0 Å². The van der Waals surface area contributed by atoms with Gasteiger partial charge in [-0.2, -0.15) is 0 Å². The lowest BCUT2D eigenvalue weighted by atomic mass is 10.2. The number of sulfone groups is 1. The largest absolute Gasteiger partial charge is 0.330 e. The molecule has 0 radical (unpaired) electrons. The number of nitrogens with two attached hydrogens (primary N) is 1. The minimum atomic E-state index is -3.13. The van der Waals surface area contributed by atoms with E-state index < -0.39 is 9.84 Å². The van der Waals surface area contributed by atoms with Crippen molar-refractivity contribution in [2.45, 2.75) is 18.2 Å². The molecule has 2 aromatic rings. The van der Waals surface area contributed by atoms with Crippen molar-refractivity contribution < 1.29 is 8.42 Å². The molecule has 1 aromatic carbocycles. The molecule has 0 amide bonds. The minimum absolute atomic E-state index is 0.115. The number of benzene rings is 1. The van der Waals surface area contributed by atoms with Crippen LogP contribution in [0.4, 0.5) is 0 Å². The first-order valence-corrected chi connectivity index (χ1v) is 8.57. The summed E-state index contributed by atoms with van der Waals surface area (Å²) in [5.41, 5.74) is 7.29. The zero-order chi connectivity index (χ0) is 13.9. The highest BCUT2D eigenvalue weighted by atomic mass is 32.2. The Morgan fingerprint density at radius 2 is 1.95 bits per heavy atom. The quantitative estimate of drug-likeness (QED) is 0.917. The fourth-order valence-corrected chi connectivity index (χ4v) is 3.39. The summed E-state index contributed by atoms with van der Waals surface area (Å²) >= 11 is 1.57. The number of rotatable bonds is 5. The molecular weight excluding hydrogens is 280 g/mol. The third-order valence-electron chi connectivity index (χ3n) is 2.80. The maximum Gasteiger partial charge on any atom is 0.178 e. The van der Waals surface area contributed by atoms with Crippen LogP contribution in [-0.4, -0.2) is 25.7 Å². The van der Waals surface area contributed by atoms with Crippen molar-refractivity contribution in [3.8, 4) is 11.3 Å². The molecule has 0 spiro atoms. The summed E-state index contributed by atoms with van der Waals surface area (Å²) in [6.45, 7) is 2.23. The zero-order valence-corrected chi connectivity index (χ0v) is 12.3. The topological polar surface area (TPSA) is 73.0 Å². The van der Waals surface area contributed by atoms with Crippen molar-refractivity contribution in [2.75, 3.05) is 12.3 Å². The van der Waals surface area contributed by atoms with Gasteiger partial charge in [0.05, 0.1) is 21.3 Å². The Kier molecular flexibility index (Phi) is 4.34. The number of nitrogens with zero attached hydrogens (tertiary/aromatic N) is 1. The van der Waals surface area contributed by atoms with Gasteiger partial charge in [-0.15, -0.1) is 11.3 Å². The first-order chi connectivity index (χ1) is 9.06.